The summed E-state index contributed by atoms with van der Waals surface area (Å²) in [7, 11) is 0. The van der Waals surface area contributed by atoms with Crippen LogP contribution in [0.25, 0.3) is 10.8 Å². The second-order valence-corrected chi connectivity index (χ2v) is 6.92. The van der Waals surface area contributed by atoms with Gasteiger partial charge in [0.1, 0.15) is 0 Å². The largest absolute Gasteiger partial charge is 0.325 e. The van der Waals surface area contributed by atoms with Gasteiger partial charge in [-0.05, 0) is 40.6 Å². The molecular formula is C21H17Cl2N3O2. The second-order valence-electron chi connectivity index (χ2n) is 6.07. The van der Waals surface area contributed by atoms with Crippen molar-refractivity contribution in [3.63, 3.8) is 0 Å². The molecule has 0 aliphatic rings. The van der Waals surface area contributed by atoms with Gasteiger partial charge < -0.3 is 5.32 Å². The standard InChI is InChI=1S/C21H17Cl2N3O2/c22-17-7-8-19(18(23)12-17)25-20(27)9-10-21(28)26-24-13-14-5-6-15-3-1-2-4-16(15)11-14/h1-8,11-13H,9-10H2,(H,25,27)(H,26,28). The first-order valence-electron chi connectivity index (χ1n) is 8.57. The molecule has 0 spiro atoms. The van der Waals surface area contributed by atoms with Gasteiger partial charge in [0.05, 0.1) is 16.9 Å². The Bertz CT molecular complexity index is 1050. The van der Waals surface area contributed by atoms with Gasteiger partial charge in [0.25, 0.3) is 0 Å². The zero-order valence-corrected chi connectivity index (χ0v) is 16.3. The van der Waals surface area contributed by atoms with E-state index in [1.807, 2.05) is 42.5 Å². The number of anilines is 1. The molecule has 0 saturated carbocycles. The Hall–Kier alpha value is -2.89. The maximum absolute atomic E-state index is 12.0. The van der Waals surface area contributed by atoms with Crippen LogP contribution in [0.15, 0.2) is 65.8 Å². The van der Waals surface area contributed by atoms with Crippen LogP contribution in [0.2, 0.25) is 10.0 Å². The zero-order valence-electron chi connectivity index (χ0n) is 14.8. The highest BCUT2D eigenvalue weighted by molar-refractivity contribution is 6.36. The van der Waals surface area contributed by atoms with Crippen molar-refractivity contribution >= 4 is 57.7 Å². The molecule has 28 heavy (non-hydrogen) atoms. The molecule has 0 saturated heterocycles. The molecule has 7 heteroatoms. The molecule has 0 unspecified atom stereocenters. The summed E-state index contributed by atoms with van der Waals surface area (Å²) in [6.45, 7) is 0. The van der Waals surface area contributed by atoms with Crippen molar-refractivity contribution in [1.29, 1.82) is 0 Å². The molecule has 0 aliphatic carbocycles. The molecule has 2 amide bonds. The Balaban J connectivity index is 1.47. The number of nitrogens with zero attached hydrogens (tertiary/aromatic N) is 1. The molecule has 0 bridgehead atoms. The quantitative estimate of drug-likeness (QED) is 0.440. The predicted octanol–water partition coefficient (Wildman–Crippen LogP) is 5.02. The van der Waals surface area contributed by atoms with Crippen molar-refractivity contribution in [2.45, 2.75) is 12.8 Å². The van der Waals surface area contributed by atoms with Gasteiger partial charge in [-0.2, -0.15) is 5.10 Å². The summed E-state index contributed by atoms with van der Waals surface area (Å²) in [5.41, 5.74) is 3.74. The van der Waals surface area contributed by atoms with E-state index in [1.54, 1.807) is 18.3 Å². The molecule has 0 heterocycles. The average Bonchev–Trinajstić information content (AvgIpc) is 2.68. The number of benzene rings is 3. The maximum atomic E-state index is 12.0. The molecule has 0 fully saturated rings. The number of carbonyl (C=O) groups is 2. The van der Waals surface area contributed by atoms with E-state index in [4.69, 9.17) is 23.2 Å². The first-order valence-corrected chi connectivity index (χ1v) is 9.32. The van der Waals surface area contributed by atoms with E-state index in [2.05, 4.69) is 15.8 Å². The van der Waals surface area contributed by atoms with Gasteiger partial charge in [-0.25, -0.2) is 5.43 Å². The Kier molecular flexibility index (Phi) is 6.63. The molecule has 0 radical (unpaired) electrons. The third kappa shape index (κ3) is 5.55. The highest BCUT2D eigenvalue weighted by Gasteiger charge is 2.09. The number of amides is 2. The minimum Gasteiger partial charge on any atom is -0.325 e. The Morgan fingerprint density at radius 1 is 0.893 bits per heavy atom. The SMILES string of the molecule is O=C(CCC(=O)Nc1ccc(Cl)cc1Cl)NN=Cc1ccc2ccccc2c1. The smallest absolute Gasteiger partial charge is 0.240 e. The lowest BCUT2D eigenvalue weighted by atomic mass is 10.1. The van der Waals surface area contributed by atoms with Gasteiger partial charge in [-0.1, -0.05) is 59.6 Å². The van der Waals surface area contributed by atoms with Crippen molar-refractivity contribution < 1.29 is 9.59 Å². The minimum atomic E-state index is -0.352. The lowest BCUT2D eigenvalue weighted by Gasteiger charge is -2.07. The number of hydrazone groups is 1. The van der Waals surface area contributed by atoms with Gasteiger partial charge >= 0.3 is 0 Å². The van der Waals surface area contributed by atoms with E-state index in [1.165, 1.54) is 6.07 Å². The second kappa shape index (κ2) is 9.35. The fourth-order valence-corrected chi connectivity index (χ4v) is 3.01. The van der Waals surface area contributed by atoms with Gasteiger partial charge in [0.15, 0.2) is 0 Å². The fourth-order valence-electron chi connectivity index (χ4n) is 2.55. The Labute approximate surface area is 172 Å². The van der Waals surface area contributed by atoms with E-state index in [-0.39, 0.29) is 24.7 Å². The highest BCUT2D eigenvalue weighted by atomic mass is 35.5. The molecule has 0 aliphatic heterocycles. The summed E-state index contributed by atoms with van der Waals surface area (Å²) < 4.78 is 0. The van der Waals surface area contributed by atoms with E-state index < -0.39 is 0 Å². The molecule has 0 aromatic heterocycles. The first kappa shape index (κ1) is 19.9. The number of carbonyl (C=O) groups excluding carboxylic acids is 2. The van der Waals surface area contributed by atoms with Crippen LogP contribution in [0, 0.1) is 0 Å². The molecule has 3 rings (SSSR count). The van der Waals surface area contributed by atoms with Gasteiger partial charge in [-0.3, -0.25) is 9.59 Å². The number of halogens is 2. The van der Waals surface area contributed by atoms with Crippen LogP contribution >= 0.6 is 23.2 Å². The minimum absolute atomic E-state index is 0.00605. The van der Waals surface area contributed by atoms with Gasteiger partial charge in [0.2, 0.25) is 11.8 Å². The normalized spacial score (nSPS) is 10.9. The van der Waals surface area contributed by atoms with Gasteiger partial charge in [-0.15, -0.1) is 0 Å². The van der Waals surface area contributed by atoms with E-state index in [0.717, 1.165) is 16.3 Å². The van der Waals surface area contributed by atoms with E-state index in [0.29, 0.717) is 15.7 Å². The number of nitrogens with one attached hydrogen (secondary N) is 2. The van der Waals surface area contributed by atoms with Crippen molar-refractivity contribution in [3.05, 3.63) is 76.3 Å². The van der Waals surface area contributed by atoms with Crippen molar-refractivity contribution in [2.75, 3.05) is 5.32 Å². The van der Waals surface area contributed by atoms with Crippen LogP contribution in [0.5, 0.6) is 0 Å². The highest BCUT2D eigenvalue weighted by Crippen LogP contribution is 2.25. The van der Waals surface area contributed by atoms with Crippen LogP contribution < -0.4 is 10.7 Å². The summed E-state index contributed by atoms with van der Waals surface area (Å²) in [4.78, 5) is 23.8. The number of hydrogen-bond donors (Lipinski definition) is 2. The monoisotopic (exact) mass is 413 g/mol. The first-order chi connectivity index (χ1) is 13.5. The number of hydrogen-bond acceptors (Lipinski definition) is 3. The Morgan fingerprint density at radius 2 is 1.64 bits per heavy atom. The van der Waals surface area contributed by atoms with Gasteiger partial charge in [0, 0.05) is 17.9 Å². The molecule has 0 atom stereocenters. The van der Waals surface area contributed by atoms with Crippen molar-refractivity contribution in [1.82, 2.24) is 5.43 Å². The summed E-state index contributed by atoms with van der Waals surface area (Å²) in [5, 5.41) is 9.63. The van der Waals surface area contributed by atoms with Crippen molar-refractivity contribution in [2.24, 2.45) is 5.10 Å². The average molecular weight is 414 g/mol. The number of rotatable bonds is 6. The van der Waals surface area contributed by atoms with Crippen molar-refractivity contribution in [3.8, 4) is 0 Å². The zero-order chi connectivity index (χ0) is 19.9. The number of fused-ring (bicyclic) bond motifs is 1. The maximum Gasteiger partial charge on any atom is 0.240 e. The van der Waals surface area contributed by atoms with E-state index in [9.17, 15) is 9.59 Å². The Morgan fingerprint density at radius 3 is 2.43 bits per heavy atom. The summed E-state index contributed by atoms with van der Waals surface area (Å²) in [6.07, 6.45) is 1.58. The summed E-state index contributed by atoms with van der Waals surface area (Å²) in [5.74, 6) is -0.674. The summed E-state index contributed by atoms with van der Waals surface area (Å²) in [6, 6.07) is 18.6. The van der Waals surface area contributed by atoms with Crippen LogP contribution in [-0.4, -0.2) is 18.0 Å². The summed E-state index contributed by atoms with van der Waals surface area (Å²) >= 11 is 11.8. The topological polar surface area (TPSA) is 70.6 Å². The molecule has 142 valence electrons. The third-order valence-electron chi connectivity index (χ3n) is 3.96. The molecule has 5 nitrogen and oxygen atoms in total. The third-order valence-corrected chi connectivity index (χ3v) is 4.51. The molecule has 3 aromatic rings. The van der Waals surface area contributed by atoms with Crippen LogP contribution in [0.1, 0.15) is 18.4 Å². The van der Waals surface area contributed by atoms with Crippen LogP contribution in [-0.2, 0) is 9.59 Å². The molecule has 3 aromatic carbocycles. The fraction of sp³-hybridized carbons (Fsp3) is 0.0952. The van der Waals surface area contributed by atoms with Crippen LogP contribution in [0.3, 0.4) is 0 Å². The van der Waals surface area contributed by atoms with E-state index >= 15 is 0 Å². The lowest BCUT2D eigenvalue weighted by molar-refractivity contribution is -0.124. The lowest BCUT2D eigenvalue weighted by Crippen LogP contribution is -2.20. The molecular weight excluding hydrogens is 397 g/mol. The molecule has 2 N–H and O–H groups in total. The predicted molar refractivity (Wildman–Crippen MR) is 114 cm³/mol. The van der Waals surface area contributed by atoms with Crippen LogP contribution in [0.4, 0.5) is 5.69 Å².